The lowest BCUT2D eigenvalue weighted by atomic mass is 10.1. The van der Waals surface area contributed by atoms with E-state index in [-0.39, 0.29) is 0 Å². The van der Waals surface area contributed by atoms with Crippen LogP contribution in [0.4, 0.5) is 0 Å². The number of thioether (sulfide) groups is 1. The zero-order chi connectivity index (χ0) is 16.9. The molecule has 0 fully saturated rings. The number of hydrogen-bond acceptors (Lipinski definition) is 3. The Morgan fingerprint density at radius 3 is 2.67 bits per heavy atom. The zero-order valence-corrected chi connectivity index (χ0v) is 14.8. The van der Waals surface area contributed by atoms with Gasteiger partial charge in [-0.1, -0.05) is 30.0 Å². The van der Waals surface area contributed by atoms with E-state index in [4.69, 9.17) is 0 Å². The molecule has 0 saturated heterocycles. The third-order valence-electron chi connectivity index (χ3n) is 3.81. The smallest absolute Gasteiger partial charge is 0.265 e. The van der Waals surface area contributed by atoms with Crippen LogP contribution in [0.3, 0.4) is 0 Å². The molecule has 2 aromatic heterocycles. The van der Waals surface area contributed by atoms with Crippen molar-refractivity contribution in [3.63, 3.8) is 0 Å². The van der Waals surface area contributed by atoms with E-state index in [1.54, 1.807) is 13.3 Å². The Morgan fingerprint density at radius 2 is 2.00 bits per heavy atom. The molecule has 0 aliphatic carbocycles. The van der Waals surface area contributed by atoms with E-state index in [1.165, 1.54) is 23.0 Å². The van der Waals surface area contributed by atoms with Crippen LogP contribution in [0.1, 0.15) is 5.56 Å². The van der Waals surface area contributed by atoms with E-state index in [1.807, 2.05) is 18.4 Å². The van der Waals surface area contributed by atoms with E-state index in [2.05, 4.69) is 74.3 Å². The van der Waals surface area contributed by atoms with Gasteiger partial charge in [0.15, 0.2) is 10.9 Å². The lowest BCUT2D eigenvalue weighted by molar-refractivity contribution is -0.510. The molecule has 0 aliphatic rings. The van der Waals surface area contributed by atoms with Gasteiger partial charge in [-0.2, -0.15) is 5.10 Å². The van der Waals surface area contributed by atoms with Crippen molar-refractivity contribution in [2.75, 3.05) is 13.3 Å². The SMILES string of the molecule is CN=C(N/N=C/c1ccc(-c2c[n+]3ccccc3n2C)cc1)SC. The number of imidazole rings is 1. The second kappa shape index (κ2) is 7.31. The molecule has 3 aromatic rings. The molecule has 122 valence electrons. The highest BCUT2D eigenvalue weighted by Gasteiger charge is 2.14. The van der Waals surface area contributed by atoms with Crippen LogP contribution in [0.25, 0.3) is 16.9 Å². The van der Waals surface area contributed by atoms with Crippen LogP contribution < -0.4 is 9.83 Å². The topological polar surface area (TPSA) is 45.8 Å². The van der Waals surface area contributed by atoms with Crippen molar-refractivity contribution in [3.8, 4) is 11.3 Å². The van der Waals surface area contributed by atoms with Gasteiger partial charge >= 0.3 is 0 Å². The van der Waals surface area contributed by atoms with Gasteiger partial charge in [0, 0.05) is 18.7 Å². The van der Waals surface area contributed by atoms with Crippen molar-refractivity contribution in [1.82, 2.24) is 9.99 Å². The molecule has 5 nitrogen and oxygen atoms in total. The Morgan fingerprint density at radius 1 is 1.21 bits per heavy atom. The standard InChI is InChI=1S/C18H20N5S/c1-19-18(24-3)21-20-12-14-7-9-15(10-8-14)16-13-23-11-5-4-6-17(23)22(16)2/h4-13H,1-3H3,(H,19,21)/q+1/b20-12+. The fourth-order valence-electron chi connectivity index (χ4n) is 2.54. The molecule has 0 radical (unpaired) electrons. The number of pyridine rings is 1. The Balaban J connectivity index is 1.81. The monoisotopic (exact) mass is 338 g/mol. The lowest BCUT2D eigenvalue weighted by Gasteiger charge is -2.00. The first-order valence-corrected chi connectivity index (χ1v) is 8.81. The number of hydrazone groups is 1. The molecule has 0 unspecified atom stereocenters. The van der Waals surface area contributed by atoms with Gasteiger partial charge in [-0.05, 0) is 30.0 Å². The van der Waals surface area contributed by atoms with Crippen molar-refractivity contribution < 1.29 is 4.40 Å². The molecule has 0 amide bonds. The number of hydrogen-bond donors (Lipinski definition) is 1. The maximum Gasteiger partial charge on any atom is 0.286 e. The summed E-state index contributed by atoms with van der Waals surface area (Å²) in [7, 11) is 3.82. The minimum Gasteiger partial charge on any atom is -0.265 e. The Hall–Kier alpha value is -2.60. The molecule has 0 saturated carbocycles. The molecule has 6 heteroatoms. The maximum absolute atomic E-state index is 4.20. The van der Waals surface area contributed by atoms with Crippen LogP contribution in [0.2, 0.25) is 0 Å². The quantitative estimate of drug-likeness (QED) is 0.345. The number of aromatic nitrogens is 2. The highest BCUT2D eigenvalue weighted by molar-refractivity contribution is 8.13. The number of amidine groups is 1. The number of benzene rings is 1. The van der Waals surface area contributed by atoms with Crippen molar-refractivity contribution in [2.45, 2.75) is 0 Å². The van der Waals surface area contributed by atoms with Gasteiger partial charge in [0.25, 0.3) is 5.65 Å². The fourth-order valence-corrected chi connectivity index (χ4v) is 2.87. The molecule has 1 aromatic carbocycles. The van der Waals surface area contributed by atoms with Crippen molar-refractivity contribution in [3.05, 3.63) is 60.4 Å². The molecule has 2 heterocycles. The molecular formula is C18H20N5S+. The second-order valence-corrected chi connectivity index (χ2v) is 6.06. The lowest BCUT2D eigenvalue weighted by Crippen LogP contribution is -2.17. The molecule has 0 atom stereocenters. The molecule has 0 aliphatic heterocycles. The van der Waals surface area contributed by atoms with Gasteiger partial charge < -0.3 is 0 Å². The summed E-state index contributed by atoms with van der Waals surface area (Å²) in [5.74, 6) is 0. The van der Waals surface area contributed by atoms with Crippen LogP contribution in [0.5, 0.6) is 0 Å². The third kappa shape index (κ3) is 3.33. The molecular weight excluding hydrogens is 318 g/mol. The first-order valence-electron chi connectivity index (χ1n) is 7.59. The molecule has 0 spiro atoms. The highest BCUT2D eigenvalue weighted by Crippen LogP contribution is 2.19. The molecule has 24 heavy (non-hydrogen) atoms. The van der Waals surface area contributed by atoms with Crippen LogP contribution in [0.15, 0.2) is 65.0 Å². The summed E-state index contributed by atoms with van der Waals surface area (Å²) in [5.41, 5.74) is 7.45. The second-order valence-electron chi connectivity index (χ2n) is 5.26. The van der Waals surface area contributed by atoms with Gasteiger partial charge in [0.2, 0.25) is 0 Å². The fraction of sp³-hybridized carbons (Fsp3) is 0.167. The van der Waals surface area contributed by atoms with Gasteiger partial charge in [0.1, 0.15) is 6.20 Å². The van der Waals surface area contributed by atoms with Crippen LogP contribution >= 0.6 is 11.8 Å². The van der Waals surface area contributed by atoms with Crippen molar-refractivity contribution >= 4 is 28.8 Å². The van der Waals surface area contributed by atoms with Crippen LogP contribution in [0, 0.1) is 0 Å². The minimum atomic E-state index is 0.787. The van der Waals surface area contributed by atoms with Crippen molar-refractivity contribution in [1.29, 1.82) is 0 Å². The van der Waals surface area contributed by atoms with Gasteiger partial charge in [-0.3, -0.25) is 10.4 Å². The van der Waals surface area contributed by atoms with Crippen LogP contribution in [-0.4, -0.2) is 29.3 Å². The summed E-state index contributed by atoms with van der Waals surface area (Å²) in [4.78, 5) is 4.07. The van der Waals surface area contributed by atoms with Gasteiger partial charge in [0.05, 0.1) is 19.5 Å². The third-order valence-corrected chi connectivity index (χ3v) is 4.47. The average molecular weight is 338 g/mol. The molecule has 1 N–H and O–H groups in total. The largest absolute Gasteiger partial charge is 0.286 e. The highest BCUT2D eigenvalue weighted by atomic mass is 32.2. The summed E-state index contributed by atoms with van der Waals surface area (Å²) in [6, 6.07) is 14.5. The predicted molar refractivity (Wildman–Crippen MR) is 102 cm³/mol. The van der Waals surface area contributed by atoms with Crippen LogP contribution in [-0.2, 0) is 7.05 Å². The van der Waals surface area contributed by atoms with E-state index in [9.17, 15) is 0 Å². The number of nitrogens with zero attached hydrogens (tertiary/aromatic N) is 4. The number of fused-ring (bicyclic) bond motifs is 1. The summed E-state index contributed by atoms with van der Waals surface area (Å²) in [6.07, 6.45) is 7.95. The van der Waals surface area contributed by atoms with Gasteiger partial charge in [-0.25, -0.2) is 8.97 Å². The average Bonchev–Trinajstić information content (AvgIpc) is 2.96. The first-order chi connectivity index (χ1) is 11.7. The van der Waals surface area contributed by atoms with Gasteiger partial charge in [-0.15, -0.1) is 0 Å². The summed E-state index contributed by atoms with van der Waals surface area (Å²) in [5, 5.41) is 4.99. The van der Waals surface area contributed by atoms with E-state index >= 15 is 0 Å². The predicted octanol–water partition coefficient (Wildman–Crippen LogP) is 2.70. The summed E-state index contributed by atoms with van der Waals surface area (Å²) in [6.45, 7) is 0. The molecule has 0 bridgehead atoms. The summed E-state index contributed by atoms with van der Waals surface area (Å²) < 4.78 is 4.32. The van der Waals surface area contributed by atoms with E-state index in [0.717, 1.165) is 16.4 Å². The number of aryl methyl sites for hydroxylation is 1. The van der Waals surface area contributed by atoms with Crippen molar-refractivity contribution in [2.24, 2.45) is 17.1 Å². The normalized spacial score (nSPS) is 12.2. The maximum atomic E-state index is 4.20. The Labute approximate surface area is 145 Å². The minimum absolute atomic E-state index is 0.787. The number of nitrogens with one attached hydrogen (secondary N) is 1. The summed E-state index contributed by atoms with van der Waals surface area (Å²) >= 11 is 1.53. The molecule has 3 rings (SSSR count). The Bertz CT molecular complexity index is 893. The first kappa shape index (κ1) is 16.3. The van der Waals surface area contributed by atoms with E-state index in [0.29, 0.717) is 0 Å². The Kier molecular flexibility index (Phi) is 4.96. The zero-order valence-electron chi connectivity index (χ0n) is 14.0. The number of rotatable bonds is 3. The number of aliphatic imine (C=N–C) groups is 1. The van der Waals surface area contributed by atoms with E-state index < -0.39 is 0 Å².